The largest absolute Gasteiger partial charge is 0.299 e. The van der Waals surface area contributed by atoms with Crippen molar-refractivity contribution in [2.75, 3.05) is 0 Å². The van der Waals surface area contributed by atoms with Gasteiger partial charge in [-0.3, -0.25) is 4.79 Å². The molecule has 14 heavy (non-hydrogen) atoms. The Bertz CT molecular complexity index is 343. The predicted molar refractivity (Wildman–Crippen MR) is 58.1 cm³/mol. The maximum absolute atomic E-state index is 11.5. The van der Waals surface area contributed by atoms with E-state index in [0.29, 0.717) is 5.92 Å². The van der Waals surface area contributed by atoms with Crippen LogP contribution in [-0.4, -0.2) is 10.8 Å². The first-order valence-electron chi connectivity index (χ1n) is 4.80. The Balaban J connectivity index is 2.26. The summed E-state index contributed by atoms with van der Waals surface area (Å²) in [5.74, 6) is 0.905. The van der Waals surface area contributed by atoms with Crippen LogP contribution in [0.25, 0.3) is 0 Å². The number of pyridine rings is 1. The molecule has 0 spiro atoms. The normalized spacial score (nSPS) is 17.9. The van der Waals surface area contributed by atoms with Gasteiger partial charge in [0.1, 0.15) is 10.4 Å². The molecule has 1 aliphatic carbocycles. The average Bonchev–Trinajstić information content (AvgIpc) is 2.92. The summed E-state index contributed by atoms with van der Waals surface area (Å²) in [6.07, 6.45) is 4.16. The zero-order valence-electron chi connectivity index (χ0n) is 8.03. The molecule has 0 radical (unpaired) electrons. The van der Waals surface area contributed by atoms with Crippen LogP contribution in [0.15, 0.2) is 22.9 Å². The highest BCUT2D eigenvalue weighted by atomic mass is 79.9. The fourth-order valence-corrected chi connectivity index (χ4v) is 2.07. The van der Waals surface area contributed by atoms with Gasteiger partial charge in [0.05, 0.1) is 0 Å². The van der Waals surface area contributed by atoms with E-state index in [1.807, 2.05) is 12.1 Å². The van der Waals surface area contributed by atoms with Crippen LogP contribution in [-0.2, 0) is 4.79 Å². The first-order chi connectivity index (χ1) is 6.68. The maximum Gasteiger partial charge on any atom is 0.137 e. The molecule has 1 aliphatic rings. The zero-order chi connectivity index (χ0) is 10.1. The Labute approximate surface area is 91.9 Å². The number of nitrogens with zero attached hydrogens (tertiary/aromatic N) is 1. The monoisotopic (exact) mass is 253 g/mol. The molecule has 1 unspecified atom stereocenters. The minimum atomic E-state index is 0.0793. The van der Waals surface area contributed by atoms with Crippen LogP contribution in [0, 0.1) is 5.92 Å². The third-order valence-corrected chi connectivity index (χ3v) is 3.11. The third kappa shape index (κ3) is 2.03. The van der Waals surface area contributed by atoms with E-state index in [1.54, 1.807) is 13.1 Å². The van der Waals surface area contributed by atoms with Crippen molar-refractivity contribution in [3.05, 3.63) is 28.5 Å². The summed E-state index contributed by atoms with van der Waals surface area (Å²) in [4.78, 5) is 15.6. The van der Waals surface area contributed by atoms with Crippen molar-refractivity contribution in [1.82, 2.24) is 4.98 Å². The van der Waals surface area contributed by atoms with Crippen LogP contribution < -0.4 is 0 Å². The van der Waals surface area contributed by atoms with Crippen LogP contribution in [0.3, 0.4) is 0 Å². The topological polar surface area (TPSA) is 30.0 Å². The maximum atomic E-state index is 11.5. The fourth-order valence-electron chi connectivity index (χ4n) is 1.84. The van der Waals surface area contributed by atoms with Crippen LogP contribution in [0.5, 0.6) is 0 Å². The minimum absolute atomic E-state index is 0.0793. The molecule has 2 nitrogen and oxygen atoms in total. The van der Waals surface area contributed by atoms with E-state index >= 15 is 0 Å². The van der Waals surface area contributed by atoms with Gasteiger partial charge in [-0.15, -0.1) is 0 Å². The van der Waals surface area contributed by atoms with Crippen molar-refractivity contribution in [2.24, 2.45) is 5.92 Å². The molecule has 0 aromatic carbocycles. The van der Waals surface area contributed by atoms with Crippen molar-refractivity contribution >= 4 is 21.7 Å². The van der Waals surface area contributed by atoms with E-state index in [2.05, 4.69) is 20.9 Å². The highest BCUT2D eigenvalue weighted by Crippen LogP contribution is 2.42. The molecule has 1 saturated carbocycles. The molecular weight excluding hydrogens is 242 g/mol. The number of hydrogen-bond acceptors (Lipinski definition) is 2. The lowest BCUT2D eigenvalue weighted by Gasteiger charge is -2.12. The van der Waals surface area contributed by atoms with Gasteiger partial charge in [-0.05, 0) is 53.2 Å². The summed E-state index contributed by atoms with van der Waals surface area (Å²) >= 11 is 3.29. The smallest absolute Gasteiger partial charge is 0.137 e. The lowest BCUT2D eigenvalue weighted by atomic mass is 9.92. The molecule has 1 fully saturated rings. The number of carbonyl (C=O) groups is 1. The number of aromatic nitrogens is 1. The van der Waals surface area contributed by atoms with Gasteiger partial charge < -0.3 is 0 Å². The molecule has 0 N–H and O–H groups in total. The second-order valence-electron chi connectivity index (χ2n) is 3.84. The quantitative estimate of drug-likeness (QED) is 0.776. The molecule has 1 heterocycles. The lowest BCUT2D eigenvalue weighted by molar-refractivity contribution is -0.118. The first-order valence-corrected chi connectivity index (χ1v) is 5.59. The highest BCUT2D eigenvalue weighted by Gasteiger charge is 2.35. The van der Waals surface area contributed by atoms with Gasteiger partial charge in [0.2, 0.25) is 0 Å². The van der Waals surface area contributed by atoms with E-state index in [1.165, 1.54) is 12.8 Å². The second kappa shape index (κ2) is 3.81. The molecule has 74 valence electrons. The van der Waals surface area contributed by atoms with Gasteiger partial charge in [0.25, 0.3) is 0 Å². The van der Waals surface area contributed by atoms with Gasteiger partial charge >= 0.3 is 0 Å². The summed E-state index contributed by atoms with van der Waals surface area (Å²) < 4.78 is 0.819. The van der Waals surface area contributed by atoms with Crippen molar-refractivity contribution < 1.29 is 4.79 Å². The first kappa shape index (κ1) is 9.84. The third-order valence-electron chi connectivity index (χ3n) is 2.64. The molecular formula is C11H12BrNO. The van der Waals surface area contributed by atoms with Gasteiger partial charge in [-0.2, -0.15) is 0 Å². The van der Waals surface area contributed by atoms with E-state index in [9.17, 15) is 4.79 Å². The van der Waals surface area contributed by atoms with Crippen LogP contribution in [0.2, 0.25) is 0 Å². The van der Waals surface area contributed by atoms with Crippen molar-refractivity contribution in [1.29, 1.82) is 0 Å². The Morgan fingerprint density at radius 2 is 2.29 bits per heavy atom. The lowest BCUT2D eigenvalue weighted by Crippen LogP contribution is -2.11. The average molecular weight is 254 g/mol. The summed E-state index contributed by atoms with van der Waals surface area (Å²) in [5.41, 5.74) is 1.06. The Morgan fingerprint density at radius 3 is 2.71 bits per heavy atom. The van der Waals surface area contributed by atoms with E-state index in [0.717, 1.165) is 10.2 Å². The predicted octanol–water partition coefficient (Wildman–Crippen LogP) is 2.93. The number of ketones is 1. The molecule has 0 saturated heterocycles. The zero-order valence-corrected chi connectivity index (χ0v) is 9.62. The number of hydrogen-bond donors (Lipinski definition) is 0. The van der Waals surface area contributed by atoms with E-state index < -0.39 is 0 Å². The molecule has 0 amide bonds. The molecule has 3 heteroatoms. The molecule has 1 atom stereocenters. The van der Waals surface area contributed by atoms with Gasteiger partial charge in [0.15, 0.2) is 0 Å². The SMILES string of the molecule is CC(=O)C(c1ccc(Br)nc1)C1CC1. The summed E-state index contributed by atoms with van der Waals surface area (Å²) in [6, 6.07) is 3.88. The standard InChI is InChI=1S/C11H12BrNO/c1-7(14)11(8-2-3-8)9-4-5-10(12)13-6-9/h4-6,8,11H,2-3H2,1H3. The van der Waals surface area contributed by atoms with Crippen molar-refractivity contribution in [3.63, 3.8) is 0 Å². The minimum Gasteiger partial charge on any atom is -0.299 e. The Hall–Kier alpha value is -0.700. The van der Waals surface area contributed by atoms with Crippen LogP contribution in [0.4, 0.5) is 0 Å². The molecule has 0 bridgehead atoms. The summed E-state index contributed by atoms with van der Waals surface area (Å²) in [7, 11) is 0. The van der Waals surface area contributed by atoms with E-state index in [-0.39, 0.29) is 11.7 Å². The number of Topliss-reactive ketones (excluding diaryl/α,β-unsaturated/α-hetero) is 1. The fraction of sp³-hybridized carbons (Fsp3) is 0.455. The summed E-state index contributed by atoms with van der Waals surface area (Å²) in [5, 5.41) is 0. The molecule has 1 aromatic rings. The van der Waals surface area contributed by atoms with Crippen molar-refractivity contribution in [3.8, 4) is 0 Å². The second-order valence-corrected chi connectivity index (χ2v) is 4.65. The molecule has 2 rings (SSSR count). The van der Waals surface area contributed by atoms with Crippen LogP contribution in [0.1, 0.15) is 31.2 Å². The van der Waals surface area contributed by atoms with Crippen molar-refractivity contribution in [2.45, 2.75) is 25.7 Å². The number of halogens is 1. The van der Waals surface area contributed by atoms with Gasteiger partial charge in [-0.1, -0.05) is 6.07 Å². The van der Waals surface area contributed by atoms with Crippen LogP contribution >= 0.6 is 15.9 Å². The highest BCUT2D eigenvalue weighted by molar-refractivity contribution is 9.10. The number of rotatable bonds is 3. The molecule has 0 aliphatic heterocycles. The Morgan fingerprint density at radius 1 is 1.57 bits per heavy atom. The molecule has 1 aromatic heterocycles. The van der Waals surface area contributed by atoms with Gasteiger partial charge in [-0.25, -0.2) is 4.98 Å². The van der Waals surface area contributed by atoms with E-state index in [4.69, 9.17) is 0 Å². The Kier molecular flexibility index (Phi) is 2.68. The van der Waals surface area contributed by atoms with Gasteiger partial charge in [0, 0.05) is 12.1 Å². The number of carbonyl (C=O) groups excluding carboxylic acids is 1. The summed E-state index contributed by atoms with van der Waals surface area (Å²) in [6.45, 7) is 1.67.